The number of nitrogens with zero attached hydrogens (tertiary/aromatic N) is 1. The smallest absolute Gasteiger partial charge is 0.394 e. The Kier molecular flexibility index (Phi) is 6.80. The Hall–Kier alpha value is -3.89. The van der Waals surface area contributed by atoms with Gasteiger partial charge in [-0.25, -0.2) is 9.59 Å². The third kappa shape index (κ3) is 5.03. The fourth-order valence-corrected chi connectivity index (χ4v) is 5.35. The van der Waals surface area contributed by atoms with Crippen molar-refractivity contribution in [1.82, 2.24) is 5.32 Å². The van der Waals surface area contributed by atoms with Gasteiger partial charge in [-0.2, -0.15) is 0 Å². The number of carboxylic acids is 2. The Morgan fingerprint density at radius 3 is 2.41 bits per heavy atom. The van der Waals surface area contributed by atoms with Crippen LogP contribution >= 0.6 is 11.3 Å². The average molecular weight is 482 g/mol. The zero-order chi connectivity index (χ0) is 24.2. The molecule has 10 heteroatoms. The quantitative estimate of drug-likeness (QED) is 0.325. The van der Waals surface area contributed by atoms with E-state index in [1.807, 2.05) is 42.5 Å². The van der Waals surface area contributed by atoms with E-state index in [0.717, 1.165) is 27.5 Å². The predicted molar refractivity (Wildman–Crippen MR) is 128 cm³/mol. The van der Waals surface area contributed by atoms with Gasteiger partial charge in [-0.1, -0.05) is 30.3 Å². The van der Waals surface area contributed by atoms with Crippen LogP contribution in [0, 0.1) is 0 Å². The number of nitrogens with one attached hydrogen (secondary N) is 2. The number of amides is 1. The molecule has 0 saturated heterocycles. The zero-order valence-electron chi connectivity index (χ0n) is 18.0. The van der Waals surface area contributed by atoms with Crippen molar-refractivity contribution >= 4 is 39.9 Å². The Labute approximate surface area is 199 Å². The Bertz CT molecular complexity index is 1210. The maximum atomic E-state index is 12.0. The van der Waals surface area contributed by atoms with Crippen LogP contribution in [-0.2, 0) is 22.6 Å². The van der Waals surface area contributed by atoms with Crippen molar-refractivity contribution in [2.75, 3.05) is 23.3 Å². The van der Waals surface area contributed by atoms with E-state index < -0.39 is 17.8 Å². The minimum atomic E-state index is -1.68. The number of carbonyl (C=O) groups is 3. The number of phenolic OH excluding ortho intramolecular Hbond substituents is 1. The zero-order valence-corrected chi connectivity index (χ0v) is 18.8. The number of thiophene rings is 1. The van der Waals surface area contributed by atoms with Crippen LogP contribution in [0.5, 0.6) is 5.75 Å². The summed E-state index contributed by atoms with van der Waals surface area (Å²) in [5.41, 5.74) is 2.51. The molecule has 4 rings (SSSR count). The van der Waals surface area contributed by atoms with E-state index in [4.69, 9.17) is 5.11 Å². The normalized spacial score (nSPS) is 14.8. The molecule has 9 nitrogen and oxygen atoms in total. The van der Waals surface area contributed by atoms with E-state index in [1.54, 1.807) is 12.1 Å². The average Bonchev–Trinajstić information content (AvgIpc) is 3.19. The van der Waals surface area contributed by atoms with E-state index in [0.29, 0.717) is 31.6 Å². The minimum Gasteiger partial charge on any atom is -0.508 e. The second-order valence-electron chi connectivity index (χ2n) is 7.85. The van der Waals surface area contributed by atoms with E-state index in [-0.39, 0.29) is 22.4 Å². The molecule has 0 radical (unpaired) electrons. The molecule has 1 aliphatic rings. The van der Waals surface area contributed by atoms with Gasteiger partial charge in [0, 0.05) is 23.7 Å². The van der Waals surface area contributed by atoms with Gasteiger partial charge in [-0.15, -0.1) is 11.3 Å². The first-order chi connectivity index (χ1) is 16.3. The van der Waals surface area contributed by atoms with Crippen LogP contribution < -0.4 is 15.5 Å². The van der Waals surface area contributed by atoms with Crippen LogP contribution in [0.25, 0.3) is 0 Å². The highest BCUT2D eigenvalue weighted by atomic mass is 32.1. The number of aromatic hydroxyl groups is 1. The molecule has 1 aliphatic heterocycles. The van der Waals surface area contributed by atoms with Gasteiger partial charge in [0.15, 0.2) is 0 Å². The van der Waals surface area contributed by atoms with E-state index in [2.05, 4.69) is 15.5 Å². The molecule has 1 amide bonds. The summed E-state index contributed by atoms with van der Waals surface area (Å²) in [6.45, 7) is 1.60. The summed E-state index contributed by atoms with van der Waals surface area (Å²) in [6, 6.07) is 16.5. The molecule has 3 aromatic rings. The third-order valence-electron chi connectivity index (χ3n) is 5.59. The monoisotopic (exact) mass is 481 g/mol. The lowest BCUT2D eigenvalue weighted by Gasteiger charge is -2.32. The molecule has 1 aromatic heterocycles. The summed E-state index contributed by atoms with van der Waals surface area (Å²) in [5.74, 6) is -4.01. The van der Waals surface area contributed by atoms with Crippen molar-refractivity contribution in [3.63, 3.8) is 0 Å². The number of benzene rings is 2. The Morgan fingerprint density at radius 2 is 1.76 bits per heavy atom. The Balaban J connectivity index is 1.68. The first-order valence-electron chi connectivity index (χ1n) is 10.6. The SMILES string of the molecule is O=C(O)C(=O)Nc1sc2c(c1C(=O)O)CCNC2CN(Cc1ccccc1)c1ccc(O)cc1. The van der Waals surface area contributed by atoms with Crippen molar-refractivity contribution in [3.8, 4) is 5.75 Å². The van der Waals surface area contributed by atoms with E-state index >= 15 is 0 Å². The topological polar surface area (TPSA) is 139 Å². The molecule has 0 aliphatic carbocycles. The van der Waals surface area contributed by atoms with Gasteiger partial charge < -0.3 is 30.9 Å². The van der Waals surface area contributed by atoms with Gasteiger partial charge in [-0.3, -0.25) is 4.79 Å². The Morgan fingerprint density at radius 1 is 1.06 bits per heavy atom. The van der Waals surface area contributed by atoms with Crippen LogP contribution in [0.1, 0.15) is 32.4 Å². The second kappa shape index (κ2) is 9.94. The highest BCUT2D eigenvalue weighted by molar-refractivity contribution is 7.17. The van der Waals surface area contributed by atoms with Crippen LogP contribution in [0.4, 0.5) is 10.7 Å². The number of hydrogen-bond donors (Lipinski definition) is 5. The lowest BCUT2D eigenvalue weighted by molar-refractivity contribution is -0.147. The molecule has 5 N–H and O–H groups in total. The molecule has 2 heterocycles. The number of hydrogen-bond acceptors (Lipinski definition) is 7. The van der Waals surface area contributed by atoms with Gasteiger partial charge in [0.2, 0.25) is 0 Å². The van der Waals surface area contributed by atoms with E-state index in [1.165, 1.54) is 0 Å². The molecule has 2 aromatic carbocycles. The predicted octanol–water partition coefficient (Wildman–Crippen LogP) is 3.07. The van der Waals surface area contributed by atoms with Gasteiger partial charge in [0.1, 0.15) is 10.8 Å². The van der Waals surface area contributed by atoms with Crippen molar-refractivity contribution in [3.05, 3.63) is 76.2 Å². The fraction of sp³-hybridized carbons (Fsp3) is 0.208. The molecule has 0 spiro atoms. The molecular weight excluding hydrogens is 458 g/mol. The molecular formula is C24H23N3O6S. The maximum Gasteiger partial charge on any atom is 0.394 e. The highest BCUT2D eigenvalue weighted by Crippen LogP contribution is 2.40. The standard InChI is InChI=1S/C24H23N3O6S/c28-16-8-6-15(7-9-16)27(12-14-4-2-1-3-5-14)13-18-20-17(10-11-25-18)19(23(30)31)22(34-20)26-21(29)24(32)33/h1-9,18,25,28H,10-13H2,(H,26,29)(H,30,31)(H,32,33). The van der Waals surface area contributed by atoms with Crippen LogP contribution in [-0.4, -0.2) is 46.3 Å². The molecule has 1 atom stereocenters. The number of aromatic carboxylic acids is 1. The molecule has 1 unspecified atom stereocenters. The molecule has 0 bridgehead atoms. The first-order valence-corrected chi connectivity index (χ1v) is 11.4. The molecule has 34 heavy (non-hydrogen) atoms. The van der Waals surface area contributed by atoms with Crippen LogP contribution in [0.2, 0.25) is 0 Å². The van der Waals surface area contributed by atoms with Gasteiger partial charge in [0.05, 0.1) is 11.6 Å². The lowest BCUT2D eigenvalue weighted by Crippen LogP contribution is -2.38. The number of rotatable bonds is 7. The number of fused-ring (bicyclic) bond motifs is 1. The summed E-state index contributed by atoms with van der Waals surface area (Å²) in [6.07, 6.45) is 0.449. The molecule has 0 saturated carbocycles. The van der Waals surface area contributed by atoms with Gasteiger partial charge in [0.25, 0.3) is 0 Å². The second-order valence-corrected chi connectivity index (χ2v) is 8.90. The largest absolute Gasteiger partial charge is 0.508 e. The summed E-state index contributed by atoms with van der Waals surface area (Å²) in [7, 11) is 0. The number of anilines is 2. The van der Waals surface area contributed by atoms with E-state index in [9.17, 15) is 24.6 Å². The molecule has 0 fully saturated rings. The van der Waals surface area contributed by atoms with Crippen LogP contribution in [0.3, 0.4) is 0 Å². The van der Waals surface area contributed by atoms with Crippen molar-refractivity contribution in [1.29, 1.82) is 0 Å². The van der Waals surface area contributed by atoms with Crippen molar-refractivity contribution in [2.24, 2.45) is 0 Å². The van der Waals surface area contributed by atoms with Gasteiger partial charge >= 0.3 is 17.8 Å². The number of carboxylic acid groups (broad SMARTS) is 2. The number of carbonyl (C=O) groups excluding carboxylic acids is 1. The fourth-order valence-electron chi connectivity index (χ4n) is 4.04. The number of aliphatic carboxylic acids is 1. The number of phenols is 1. The summed E-state index contributed by atoms with van der Waals surface area (Å²) in [4.78, 5) is 37.6. The summed E-state index contributed by atoms with van der Waals surface area (Å²) >= 11 is 1.08. The first kappa shape index (κ1) is 23.3. The summed E-state index contributed by atoms with van der Waals surface area (Å²) < 4.78 is 0. The van der Waals surface area contributed by atoms with Crippen molar-refractivity contribution in [2.45, 2.75) is 19.0 Å². The van der Waals surface area contributed by atoms with Crippen LogP contribution in [0.15, 0.2) is 54.6 Å². The van der Waals surface area contributed by atoms with Crippen molar-refractivity contribution < 1.29 is 29.7 Å². The maximum absolute atomic E-state index is 12.0. The summed E-state index contributed by atoms with van der Waals surface area (Å²) in [5, 5.41) is 34.1. The van der Waals surface area contributed by atoms with Gasteiger partial charge in [-0.05, 0) is 48.4 Å². The highest BCUT2D eigenvalue weighted by Gasteiger charge is 2.32. The third-order valence-corrected chi connectivity index (χ3v) is 6.85. The molecule has 176 valence electrons. The lowest BCUT2D eigenvalue weighted by atomic mass is 9.98. The minimum absolute atomic E-state index is 0.0258.